The van der Waals surface area contributed by atoms with E-state index in [1.165, 1.54) is 36.8 Å². The van der Waals surface area contributed by atoms with Crippen molar-refractivity contribution in [3.63, 3.8) is 0 Å². The van der Waals surface area contributed by atoms with Crippen LogP contribution in [0.5, 0.6) is 0 Å². The number of pyridine rings is 1. The monoisotopic (exact) mass is 271 g/mol. The Bertz CT molecular complexity index is 499. The molecule has 3 nitrogen and oxygen atoms in total. The number of amidine groups is 1. The summed E-state index contributed by atoms with van der Waals surface area (Å²) in [5.74, 6) is 2.64. The van der Waals surface area contributed by atoms with Gasteiger partial charge >= 0.3 is 0 Å². The number of hydrogen-bond donors (Lipinski definition) is 1. The third kappa shape index (κ3) is 2.87. The Morgan fingerprint density at radius 2 is 2.00 bits per heavy atom. The highest BCUT2D eigenvalue weighted by Gasteiger charge is 2.21. The Labute approximate surface area is 121 Å². The molecule has 108 valence electrons. The van der Waals surface area contributed by atoms with Crippen molar-refractivity contribution in [2.75, 3.05) is 13.1 Å². The fourth-order valence-electron chi connectivity index (χ4n) is 3.32. The van der Waals surface area contributed by atoms with E-state index in [1.54, 1.807) is 0 Å². The molecule has 3 rings (SSSR count). The number of aromatic nitrogens is 1. The van der Waals surface area contributed by atoms with E-state index in [9.17, 15) is 0 Å². The van der Waals surface area contributed by atoms with Crippen LogP contribution in [0.25, 0.3) is 0 Å². The van der Waals surface area contributed by atoms with Crippen molar-refractivity contribution in [3.8, 4) is 0 Å². The van der Waals surface area contributed by atoms with Gasteiger partial charge in [-0.1, -0.05) is 19.8 Å². The molecule has 0 spiro atoms. The van der Waals surface area contributed by atoms with E-state index in [-0.39, 0.29) is 0 Å². The third-order valence-corrected chi connectivity index (χ3v) is 4.75. The van der Waals surface area contributed by atoms with Gasteiger partial charge in [-0.15, -0.1) is 0 Å². The summed E-state index contributed by atoms with van der Waals surface area (Å²) in [6.07, 6.45) is 8.55. The van der Waals surface area contributed by atoms with Gasteiger partial charge < -0.3 is 5.32 Å². The van der Waals surface area contributed by atoms with Crippen LogP contribution in [0.4, 0.5) is 0 Å². The molecule has 0 unspecified atom stereocenters. The molecule has 0 bridgehead atoms. The summed E-state index contributed by atoms with van der Waals surface area (Å²) in [6, 6.07) is 2.33. The van der Waals surface area contributed by atoms with Crippen LogP contribution in [-0.4, -0.2) is 23.9 Å². The van der Waals surface area contributed by atoms with Crippen LogP contribution in [0, 0.1) is 12.8 Å². The fourth-order valence-corrected chi connectivity index (χ4v) is 3.32. The van der Waals surface area contributed by atoms with Crippen molar-refractivity contribution in [3.05, 3.63) is 29.1 Å². The van der Waals surface area contributed by atoms with Crippen LogP contribution in [0.2, 0.25) is 0 Å². The second-order valence-corrected chi connectivity index (χ2v) is 6.37. The number of aryl methyl sites for hydroxylation is 1. The van der Waals surface area contributed by atoms with Gasteiger partial charge in [0.2, 0.25) is 0 Å². The van der Waals surface area contributed by atoms with E-state index in [0.717, 1.165) is 37.0 Å². The van der Waals surface area contributed by atoms with Crippen molar-refractivity contribution in [1.82, 2.24) is 10.3 Å². The minimum atomic E-state index is 0.697. The molecule has 1 aromatic heterocycles. The third-order valence-electron chi connectivity index (χ3n) is 4.75. The number of aliphatic imine (C=N–C) groups is 1. The highest BCUT2D eigenvalue weighted by molar-refractivity contribution is 6.00. The summed E-state index contributed by atoms with van der Waals surface area (Å²) in [5, 5.41) is 3.42. The van der Waals surface area contributed by atoms with Gasteiger partial charge in [0.15, 0.2) is 0 Å². The lowest BCUT2D eigenvalue weighted by atomic mass is 9.79. The van der Waals surface area contributed by atoms with Gasteiger partial charge in [-0.25, -0.2) is 0 Å². The van der Waals surface area contributed by atoms with E-state index in [1.807, 2.05) is 0 Å². The lowest BCUT2D eigenvalue weighted by Gasteiger charge is -2.27. The zero-order chi connectivity index (χ0) is 13.9. The number of nitrogens with zero attached hydrogens (tertiary/aromatic N) is 2. The first kappa shape index (κ1) is 13.6. The van der Waals surface area contributed by atoms with Crippen LogP contribution in [0.3, 0.4) is 0 Å². The molecule has 20 heavy (non-hydrogen) atoms. The SMILES string of the molecule is Cc1ncc([C@H]2CC[C@@H](C)CC2)cc1C1=NCCCN1. The average Bonchev–Trinajstić information content (AvgIpc) is 2.50. The highest BCUT2D eigenvalue weighted by Crippen LogP contribution is 2.35. The lowest BCUT2D eigenvalue weighted by Crippen LogP contribution is -2.31. The summed E-state index contributed by atoms with van der Waals surface area (Å²) in [4.78, 5) is 9.25. The topological polar surface area (TPSA) is 37.3 Å². The molecule has 1 N–H and O–H groups in total. The first-order valence-electron chi connectivity index (χ1n) is 7.99. The Morgan fingerprint density at radius 3 is 2.70 bits per heavy atom. The van der Waals surface area contributed by atoms with Gasteiger partial charge in [0, 0.05) is 30.5 Å². The molecular weight excluding hydrogens is 246 g/mol. The predicted octanol–water partition coefficient (Wildman–Crippen LogP) is 3.42. The zero-order valence-electron chi connectivity index (χ0n) is 12.7. The molecule has 1 fully saturated rings. The summed E-state index contributed by atoms with van der Waals surface area (Å²) >= 11 is 0. The minimum Gasteiger partial charge on any atom is -0.370 e. The van der Waals surface area contributed by atoms with Gasteiger partial charge in [-0.3, -0.25) is 9.98 Å². The molecule has 1 aliphatic carbocycles. The van der Waals surface area contributed by atoms with Crippen molar-refractivity contribution in [2.24, 2.45) is 10.9 Å². The van der Waals surface area contributed by atoms with Crippen molar-refractivity contribution in [1.29, 1.82) is 0 Å². The molecule has 3 heteroatoms. The molecule has 0 radical (unpaired) electrons. The average molecular weight is 271 g/mol. The molecule has 0 saturated heterocycles. The van der Waals surface area contributed by atoms with Crippen LogP contribution >= 0.6 is 0 Å². The molecule has 1 aliphatic heterocycles. The second-order valence-electron chi connectivity index (χ2n) is 6.37. The van der Waals surface area contributed by atoms with Crippen LogP contribution < -0.4 is 5.32 Å². The Morgan fingerprint density at radius 1 is 1.20 bits per heavy atom. The minimum absolute atomic E-state index is 0.697. The molecule has 0 atom stereocenters. The van der Waals surface area contributed by atoms with Crippen LogP contribution in [-0.2, 0) is 0 Å². The normalized spacial score (nSPS) is 26.8. The first-order valence-corrected chi connectivity index (χ1v) is 7.99. The van der Waals surface area contributed by atoms with Gasteiger partial charge in [-0.05, 0) is 49.7 Å². The summed E-state index contributed by atoms with van der Waals surface area (Å²) in [6.45, 7) is 6.42. The molecular formula is C17H25N3. The summed E-state index contributed by atoms with van der Waals surface area (Å²) < 4.78 is 0. The number of nitrogens with one attached hydrogen (secondary N) is 1. The quantitative estimate of drug-likeness (QED) is 0.895. The Balaban J connectivity index is 1.84. The maximum atomic E-state index is 4.63. The molecule has 0 amide bonds. The highest BCUT2D eigenvalue weighted by atomic mass is 15.0. The summed E-state index contributed by atoms with van der Waals surface area (Å²) in [7, 11) is 0. The van der Waals surface area contributed by atoms with Crippen LogP contribution in [0.1, 0.15) is 61.8 Å². The van der Waals surface area contributed by atoms with E-state index in [0.29, 0.717) is 5.92 Å². The maximum Gasteiger partial charge on any atom is 0.130 e. The van der Waals surface area contributed by atoms with Gasteiger partial charge in [0.25, 0.3) is 0 Å². The smallest absolute Gasteiger partial charge is 0.130 e. The molecule has 1 saturated carbocycles. The van der Waals surface area contributed by atoms with Gasteiger partial charge in [-0.2, -0.15) is 0 Å². The van der Waals surface area contributed by atoms with E-state index in [2.05, 4.69) is 41.4 Å². The number of rotatable bonds is 2. The van der Waals surface area contributed by atoms with E-state index in [4.69, 9.17) is 0 Å². The van der Waals surface area contributed by atoms with E-state index < -0.39 is 0 Å². The first-order chi connectivity index (χ1) is 9.74. The predicted molar refractivity (Wildman–Crippen MR) is 83.4 cm³/mol. The maximum absolute atomic E-state index is 4.63. The lowest BCUT2D eigenvalue weighted by molar-refractivity contribution is 0.347. The van der Waals surface area contributed by atoms with E-state index >= 15 is 0 Å². The van der Waals surface area contributed by atoms with Crippen molar-refractivity contribution >= 4 is 5.84 Å². The Hall–Kier alpha value is -1.38. The standard InChI is InChI=1S/C17H25N3/c1-12-4-6-14(7-5-12)15-10-16(13(2)20-11-15)17-18-8-3-9-19-17/h10-12,14H,3-9H2,1-2H3,(H,18,19)/t12-,14+. The Kier molecular flexibility index (Phi) is 4.04. The molecule has 2 aliphatic rings. The molecule has 0 aromatic carbocycles. The largest absolute Gasteiger partial charge is 0.370 e. The summed E-state index contributed by atoms with van der Waals surface area (Å²) in [5.41, 5.74) is 3.71. The molecule has 1 aromatic rings. The van der Waals surface area contributed by atoms with Gasteiger partial charge in [0.1, 0.15) is 5.84 Å². The van der Waals surface area contributed by atoms with Crippen molar-refractivity contribution in [2.45, 2.75) is 51.9 Å². The van der Waals surface area contributed by atoms with Crippen molar-refractivity contribution < 1.29 is 0 Å². The van der Waals surface area contributed by atoms with Crippen LogP contribution in [0.15, 0.2) is 17.3 Å². The molecule has 2 heterocycles. The fraction of sp³-hybridized carbons (Fsp3) is 0.647. The zero-order valence-corrected chi connectivity index (χ0v) is 12.7. The second kappa shape index (κ2) is 5.94. The van der Waals surface area contributed by atoms with Gasteiger partial charge in [0.05, 0.1) is 0 Å². The number of hydrogen-bond acceptors (Lipinski definition) is 3.